The van der Waals surface area contributed by atoms with Crippen LogP contribution in [0.5, 0.6) is 0 Å². The van der Waals surface area contributed by atoms with E-state index in [9.17, 15) is 18.4 Å². The topological polar surface area (TPSA) is 69.6 Å². The molecule has 0 aromatic carbocycles. The number of alkyl halides is 2. The highest BCUT2D eigenvalue weighted by atomic mass is 19.3. The van der Waals surface area contributed by atoms with Crippen LogP contribution in [0, 0.1) is 5.41 Å². The van der Waals surface area contributed by atoms with Gasteiger partial charge in [-0.25, -0.2) is 13.6 Å². The third kappa shape index (κ3) is 6.36. The zero-order valence-corrected chi connectivity index (χ0v) is 11.0. The quantitative estimate of drug-likeness (QED) is 0.797. The Morgan fingerprint density at radius 1 is 1.33 bits per heavy atom. The van der Waals surface area contributed by atoms with E-state index >= 15 is 0 Å². The maximum Gasteiger partial charge on any atom is 0.317 e. The van der Waals surface area contributed by atoms with Crippen molar-refractivity contribution < 1.29 is 23.5 Å². The third-order valence-electron chi connectivity index (χ3n) is 2.48. The first-order valence-corrected chi connectivity index (χ1v) is 5.55. The minimum Gasteiger partial charge on any atom is -0.481 e. The zero-order chi connectivity index (χ0) is 14.5. The summed E-state index contributed by atoms with van der Waals surface area (Å²) in [6, 6.07) is -1.32. The number of amides is 2. The fraction of sp³-hybridized carbons (Fsp3) is 0.818. The summed E-state index contributed by atoms with van der Waals surface area (Å²) in [5, 5.41) is 11.2. The van der Waals surface area contributed by atoms with Gasteiger partial charge in [-0.05, 0) is 5.41 Å². The molecule has 18 heavy (non-hydrogen) atoms. The number of hydrogen-bond acceptors (Lipinski definition) is 2. The summed E-state index contributed by atoms with van der Waals surface area (Å²) in [6.45, 7) is 4.63. The lowest BCUT2D eigenvalue weighted by Gasteiger charge is -2.32. The first-order valence-electron chi connectivity index (χ1n) is 5.55. The summed E-state index contributed by atoms with van der Waals surface area (Å²) in [7, 11) is 1.24. The molecule has 2 N–H and O–H groups in total. The number of carbonyl (C=O) groups excluding carboxylic acids is 1. The van der Waals surface area contributed by atoms with Crippen molar-refractivity contribution >= 4 is 12.0 Å². The molecule has 7 heteroatoms. The average Bonchev–Trinajstić information content (AvgIpc) is 2.13. The number of urea groups is 1. The van der Waals surface area contributed by atoms with Crippen LogP contribution in [0.4, 0.5) is 13.6 Å². The predicted octanol–water partition coefficient (Wildman–Crippen LogP) is 1.78. The van der Waals surface area contributed by atoms with Crippen LogP contribution in [0.2, 0.25) is 0 Å². The highest BCUT2D eigenvalue weighted by Crippen LogP contribution is 2.22. The van der Waals surface area contributed by atoms with Crippen LogP contribution in [-0.4, -0.2) is 48.1 Å². The van der Waals surface area contributed by atoms with E-state index in [0.29, 0.717) is 0 Å². The van der Waals surface area contributed by atoms with Crippen molar-refractivity contribution in [2.24, 2.45) is 5.41 Å². The summed E-state index contributed by atoms with van der Waals surface area (Å²) >= 11 is 0. The summed E-state index contributed by atoms with van der Waals surface area (Å²) < 4.78 is 24.2. The maximum absolute atomic E-state index is 12.1. The second-order valence-electron chi connectivity index (χ2n) is 5.24. The Morgan fingerprint density at radius 3 is 2.17 bits per heavy atom. The molecule has 0 aliphatic heterocycles. The van der Waals surface area contributed by atoms with Gasteiger partial charge >= 0.3 is 12.0 Å². The zero-order valence-electron chi connectivity index (χ0n) is 11.0. The Balaban J connectivity index is 4.58. The van der Waals surface area contributed by atoms with Gasteiger partial charge in [-0.1, -0.05) is 20.8 Å². The van der Waals surface area contributed by atoms with E-state index in [1.807, 2.05) is 0 Å². The summed E-state index contributed by atoms with van der Waals surface area (Å²) in [6.07, 6.45) is -2.87. The number of rotatable bonds is 5. The van der Waals surface area contributed by atoms with Crippen LogP contribution in [0.3, 0.4) is 0 Å². The number of halogens is 2. The number of carboxylic acids is 1. The minimum absolute atomic E-state index is 0.252. The van der Waals surface area contributed by atoms with Gasteiger partial charge in [-0.2, -0.15) is 0 Å². The number of carboxylic acid groups (broad SMARTS) is 1. The summed E-state index contributed by atoms with van der Waals surface area (Å²) in [4.78, 5) is 23.1. The standard InChI is InChI=1S/C11H20F2N2O3/c1-11(2,3)7(5-9(16)17)14-10(18)15(4)6-8(12)13/h7-8H,5-6H2,1-4H3,(H,14,18)(H,16,17). The molecule has 1 unspecified atom stereocenters. The van der Waals surface area contributed by atoms with Crippen LogP contribution < -0.4 is 5.32 Å². The van der Waals surface area contributed by atoms with Gasteiger partial charge in [0.25, 0.3) is 6.43 Å². The van der Waals surface area contributed by atoms with E-state index in [0.717, 1.165) is 4.90 Å². The van der Waals surface area contributed by atoms with Crippen molar-refractivity contribution in [3.8, 4) is 0 Å². The number of carbonyl (C=O) groups is 2. The average molecular weight is 266 g/mol. The van der Waals surface area contributed by atoms with E-state index in [1.165, 1.54) is 7.05 Å². The van der Waals surface area contributed by atoms with Crippen molar-refractivity contribution in [1.29, 1.82) is 0 Å². The lowest BCUT2D eigenvalue weighted by atomic mass is 9.85. The number of aliphatic carboxylic acids is 1. The molecule has 0 aliphatic carbocycles. The third-order valence-corrected chi connectivity index (χ3v) is 2.48. The van der Waals surface area contributed by atoms with E-state index < -0.39 is 36.4 Å². The Hall–Kier alpha value is -1.40. The fourth-order valence-electron chi connectivity index (χ4n) is 1.30. The molecular weight excluding hydrogens is 246 g/mol. The molecule has 0 rings (SSSR count). The number of nitrogens with zero attached hydrogens (tertiary/aromatic N) is 1. The smallest absolute Gasteiger partial charge is 0.317 e. The van der Waals surface area contributed by atoms with E-state index in [2.05, 4.69) is 5.32 Å². The number of nitrogens with one attached hydrogen (secondary N) is 1. The highest BCUT2D eigenvalue weighted by Gasteiger charge is 2.29. The largest absolute Gasteiger partial charge is 0.481 e. The Kier molecular flexibility index (Phi) is 6.00. The van der Waals surface area contributed by atoms with E-state index in [4.69, 9.17) is 5.11 Å². The molecule has 0 spiro atoms. The lowest BCUT2D eigenvalue weighted by Crippen LogP contribution is -2.50. The highest BCUT2D eigenvalue weighted by molar-refractivity contribution is 5.75. The second-order valence-corrected chi connectivity index (χ2v) is 5.24. The normalized spacial score (nSPS) is 13.3. The Bertz CT molecular complexity index is 303. The van der Waals surface area contributed by atoms with Gasteiger partial charge in [-0.3, -0.25) is 4.79 Å². The van der Waals surface area contributed by atoms with Gasteiger partial charge in [-0.15, -0.1) is 0 Å². The summed E-state index contributed by atoms with van der Waals surface area (Å²) in [5.41, 5.74) is -0.472. The fourth-order valence-corrected chi connectivity index (χ4v) is 1.30. The molecule has 0 saturated heterocycles. The van der Waals surface area contributed by atoms with Gasteiger partial charge < -0.3 is 15.3 Å². The molecule has 1 atom stereocenters. The first-order chi connectivity index (χ1) is 8.04. The molecule has 0 heterocycles. The Morgan fingerprint density at radius 2 is 1.83 bits per heavy atom. The molecule has 0 fully saturated rings. The predicted molar refractivity (Wildman–Crippen MR) is 62.7 cm³/mol. The van der Waals surface area contributed by atoms with Crippen molar-refractivity contribution in [1.82, 2.24) is 10.2 Å². The van der Waals surface area contributed by atoms with Gasteiger partial charge in [0.1, 0.15) is 0 Å². The van der Waals surface area contributed by atoms with Crippen LogP contribution in [0.25, 0.3) is 0 Å². The van der Waals surface area contributed by atoms with Crippen LogP contribution in [0.1, 0.15) is 27.2 Å². The summed E-state index contributed by atoms with van der Waals surface area (Å²) in [5.74, 6) is -1.05. The molecule has 106 valence electrons. The minimum atomic E-state index is -2.62. The van der Waals surface area contributed by atoms with Crippen molar-refractivity contribution in [2.75, 3.05) is 13.6 Å². The van der Waals surface area contributed by atoms with Crippen molar-refractivity contribution in [2.45, 2.75) is 39.7 Å². The maximum atomic E-state index is 12.1. The molecule has 0 aromatic rings. The van der Waals surface area contributed by atoms with Gasteiger partial charge in [0.2, 0.25) is 0 Å². The van der Waals surface area contributed by atoms with Crippen molar-refractivity contribution in [3.05, 3.63) is 0 Å². The van der Waals surface area contributed by atoms with Crippen LogP contribution in [-0.2, 0) is 4.79 Å². The molecule has 0 bridgehead atoms. The van der Waals surface area contributed by atoms with Gasteiger partial charge in [0.15, 0.2) is 0 Å². The first kappa shape index (κ1) is 16.6. The van der Waals surface area contributed by atoms with Crippen LogP contribution >= 0.6 is 0 Å². The molecule has 0 aromatic heterocycles. The van der Waals surface area contributed by atoms with Crippen LogP contribution in [0.15, 0.2) is 0 Å². The second kappa shape index (κ2) is 6.51. The van der Waals surface area contributed by atoms with Gasteiger partial charge in [0, 0.05) is 13.1 Å². The number of hydrogen-bond donors (Lipinski definition) is 2. The molecule has 0 radical (unpaired) electrons. The molecule has 0 saturated carbocycles. The molecular formula is C11H20F2N2O3. The molecule has 0 aliphatic rings. The van der Waals surface area contributed by atoms with E-state index in [-0.39, 0.29) is 6.42 Å². The lowest BCUT2D eigenvalue weighted by molar-refractivity contribution is -0.138. The monoisotopic (exact) mass is 266 g/mol. The molecule has 5 nitrogen and oxygen atoms in total. The van der Waals surface area contributed by atoms with Gasteiger partial charge in [0.05, 0.1) is 13.0 Å². The van der Waals surface area contributed by atoms with Crippen molar-refractivity contribution in [3.63, 3.8) is 0 Å². The SMILES string of the molecule is CN(CC(F)F)C(=O)NC(CC(=O)O)C(C)(C)C. The van der Waals surface area contributed by atoms with E-state index in [1.54, 1.807) is 20.8 Å². The Labute approximate surface area is 105 Å². The molecule has 2 amide bonds.